The number of benzene rings is 3. The van der Waals surface area contributed by atoms with Crippen LogP contribution in [0.5, 0.6) is 0 Å². The van der Waals surface area contributed by atoms with Crippen LogP contribution in [0.25, 0.3) is 44.5 Å². The van der Waals surface area contributed by atoms with E-state index in [2.05, 4.69) is 78.1 Å². The van der Waals surface area contributed by atoms with Gasteiger partial charge in [0.15, 0.2) is 0 Å². The first-order valence-corrected chi connectivity index (χ1v) is 17.7. The normalized spacial score (nSPS) is 13.5. The van der Waals surface area contributed by atoms with Crippen molar-refractivity contribution < 1.29 is 24.5 Å². The summed E-state index contributed by atoms with van der Waals surface area (Å²) >= 11 is 0. The Balaban J connectivity index is 0.000000218. The molecule has 0 unspecified atom stereocenters. The Morgan fingerprint density at radius 2 is 1.56 bits per heavy atom. The minimum Gasteiger partial charge on any atom is -0.501 e. The van der Waals surface area contributed by atoms with Crippen molar-refractivity contribution in [1.29, 1.82) is 0 Å². The molecule has 209 valence electrons. The van der Waals surface area contributed by atoms with Crippen molar-refractivity contribution in [3.8, 4) is 22.5 Å². The van der Waals surface area contributed by atoms with Crippen LogP contribution in [0.4, 0.5) is 0 Å². The van der Waals surface area contributed by atoms with Gasteiger partial charge in [-0.2, -0.15) is 0 Å². The average Bonchev–Trinajstić information content (AvgIpc) is 3.66. The third-order valence-electron chi connectivity index (χ3n) is 7.82. The molecule has 6 aromatic rings. The van der Waals surface area contributed by atoms with Gasteiger partial charge in [-0.25, -0.2) is 0 Å². The van der Waals surface area contributed by atoms with Crippen molar-refractivity contribution in [2.75, 3.05) is 0 Å². The van der Waals surface area contributed by atoms with Gasteiger partial charge in [-0.1, -0.05) is 84.5 Å². The molecular weight excluding hydrogens is 697 g/mol. The van der Waals surface area contributed by atoms with E-state index in [1.165, 1.54) is 41.8 Å². The fraction of sp³-hybridized carbons (Fsp3) is 0.222. The fourth-order valence-electron chi connectivity index (χ4n) is 5.57. The van der Waals surface area contributed by atoms with Gasteiger partial charge in [-0.05, 0) is 48.3 Å². The average molecular weight is 731 g/mol. The summed E-state index contributed by atoms with van der Waals surface area (Å²) in [5.74, 6) is 0.677. The van der Waals surface area contributed by atoms with Gasteiger partial charge in [-0.15, -0.1) is 54.1 Å². The van der Waals surface area contributed by atoms with E-state index < -0.39 is 8.07 Å². The third kappa shape index (κ3) is 6.43. The molecule has 0 spiro atoms. The topological polar surface area (TPSA) is 38.9 Å². The molecule has 1 fully saturated rings. The summed E-state index contributed by atoms with van der Waals surface area (Å²) in [6, 6.07) is 35.5. The molecule has 0 atom stereocenters. The molecule has 41 heavy (non-hydrogen) atoms. The fourth-order valence-corrected chi connectivity index (χ4v) is 6.72. The van der Waals surface area contributed by atoms with Crippen LogP contribution in [0.3, 0.4) is 0 Å². The number of nitrogens with zero attached hydrogens (tertiary/aromatic N) is 2. The predicted octanol–water partition coefficient (Wildman–Crippen LogP) is 9.20. The number of pyridine rings is 2. The number of hydrogen-bond acceptors (Lipinski definition) is 3. The Morgan fingerprint density at radius 1 is 0.756 bits per heavy atom. The maximum Gasteiger partial charge on any atom is 0.120 e. The van der Waals surface area contributed by atoms with Crippen molar-refractivity contribution >= 4 is 35.2 Å². The first kappa shape index (κ1) is 29.1. The van der Waals surface area contributed by atoms with Crippen LogP contribution in [0.15, 0.2) is 102 Å². The second-order valence-corrected chi connectivity index (χ2v) is 16.7. The van der Waals surface area contributed by atoms with Crippen LogP contribution in [-0.2, 0) is 20.1 Å². The van der Waals surface area contributed by atoms with Gasteiger partial charge in [0, 0.05) is 37.9 Å². The van der Waals surface area contributed by atoms with Gasteiger partial charge in [-0.3, -0.25) is 0 Å². The van der Waals surface area contributed by atoms with Crippen molar-refractivity contribution in [3.05, 3.63) is 115 Å². The van der Waals surface area contributed by atoms with E-state index in [4.69, 9.17) is 4.42 Å². The first-order valence-electron chi connectivity index (χ1n) is 14.2. The second-order valence-electron chi connectivity index (χ2n) is 11.6. The number of fused-ring (bicyclic) bond motifs is 3. The van der Waals surface area contributed by atoms with Crippen molar-refractivity contribution in [3.63, 3.8) is 0 Å². The Labute approximate surface area is 257 Å². The summed E-state index contributed by atoms with van der Waals surface area (Å²) in [6.07, 6.45) is 9.00. The van der Waals surface area contributed by atoms with Crippen molar-refractivity contribution in [2.45, 2.75) is 51.2 Å². The van der Waals surface area contributed by atoms with Crippen LogP contribution in [-0.4, -0.2) is 18.0 Å². The largest absolute Gasteiger partial charge is 0.501 e. The Bertz CT molecular complexity index is 1700. The smallest absolute Gasteiger partial charge is 0.120 e. The van der Waals surface area contributed by atoms with Gasteiger partial charge in [0.2, 0.25) is 0 Å². The molecule has 0 amide bonds. The predicted molar refractivity (Wildman–Crippen MR) is 168 cm³/mol. The Morgan fingerprint density at radius 3 is 2.29 bits per heavy atom. The summed E-state index contributed by atoms with van der Waals surface area (Å²) in [5, 5.41) is 3.75. The van der Waals surface area contributed by atoms with E-state index in [0.717, 1.165) is 39.1 Å². The summed E-state index contributed by atoms with van der Waals surface area (Å²) in [5.41, 5.74) is 7.24. The summed E-state index contributed by atoms with van der Waals surface area (Å²) in [4.78, 5) is 8.89. The van der Waals surface area contributed by atoms with Gasteiger partial charge in [0.25, 0.3) is 0 Å². The molecule has 0 bridgehead atoms. The molecule has 0 saturated heterocycles. The molecule has 1 radical (unpaired) electrons. The van der Waals surface area contributed by atoms with Crippen LogP contribution >= 0.6 is 0 Å². The molecule has 1 aliphatic carbocycles. The maximum atomic E-state index is 6.39. The van der Waals surface area contributed by atoms with E-state index >= 15 is 0 Å². The molecule has 0 aliphatic heterocycles. The summed E-state index contributed by atoms with van der Waals surface area (Å²) in [7, 11) is -1.38. The van der Waals surface area contributed by atoms with Crippen molar-refractivity contribution in [2.24, 2.45) is 0 Å². The number of hydrogen-bond donors (Lipinski definition) is 0. The molecule has 3 aromatic heterocycles. The Hall–Kier alpha value is -3.37. The second kappa shape index (κ2) is 12.6. The molecule has 3 heterocycles. The van der Waals surface area contributed by atoms with Crippen molar-refractivity contribution in [1.82, 2.24) is 9.97 Å². The Kier molecular flexibility index (Phi) is 8.99. The molecule has 7 rings (SSSR count). The third-order valence-corrected chi connectivity index (χ3v) is 9.86. The van der Waals surface area contributed by atoms with Crippen LogP contribution < -0.4 is 5.19 Å². The molecular formula is C36H34IrN2OSi-2. The molecule has 5 heteroatoms. The zero-order valence-electron chi connectivity index (χ0n) is 23.8. The monoisotopic (exact) mass is 731 g/mol. The maximum absolute atomic E-state index is 6.39. The zero-order chi connectivity index (χ0) is 27.5. The van der Waals surface area contributed by atoms with E-state index in [1.807, 2.05) is 54.7 Å². The van der Waals surface area contributed by atoms with Gasteiger partial charge in [0.05, 0.1) is 13.7 Å². The van der Waals surface area contributed by atoms with Crippen LogP contribution in [0.1, 0.15) is 37.2 Å². The molecule has 1 aliphatic rings. The van der Waals surface area contributed by atoms with E-state index in [-0.39, 0.29) is 20.1 Å². The zero-order valence-corrected chi connectivity index (χ0v) is 27.2. The summed E-state index contributed by atoms with van der Waals surface area (Å²) in [6.45, 7) is 7.11. The molecule has 0 N–H and O–H groups in total. The van der Waals surface area contributed by atoms with Gasteiger partial charge < -0.3 is 14.4 Å². The molecule has 3 nitrogen and oxygen atoms in total. The standard InChI is InChI=1S/C25H26NOSi.C11H8N.Ir/c1-28(2,3)19-11-12-20-21-9-6-10-22(25(21)27-24(20)16-19)23-15-18(13-14-26-23)17-7-4-5-8-17;1-2-6-10(7-3-1)11-8-4-5-9-12-11;/h6,9,11-17H,4-5,7-8H2,1-3H3;1-6,8-9H;/q2*-1;. The van der Waals surface area contributed by atoms with E-state index in [0.29, 0.717) is 5.92 Å². The van der Waals surface area contributed by atoms with Gasteiger partial charge in [0.1, 0.15) is 5.58 Å². The first-order chi connectivity index (χ1) is 19.5. The quantitative estimate of drug-likeness (QED) is 0.134. The van der Waals surface area contributed by atoms with E-state index in [9.17, 15) is 0 Å². The van der Waals surface area contributed by atoms with Crippen LogP contribution in [0, 0.1) is 12.1 Å². The number of furan rings is 1. The number of aromatic nitrogens is 2. The minimum absolute atomic E-state index is 0. The minimum atomic E-state index is -1.38. The summed E-state index contributed by atoms with van der Waals surface area (Å²) < 4.78 is 6.39. The van der Waals surface area contributed by atoms with Crippen LogP contribution in [0.2, 0.25) is 19.6 Å². The molecule has 1 saturated carbocycles. The van der Waals surface area contributed by atoms with E-state index in [1.54, 1.807) is 6.20 Å². The number of rotatable bonds is 4. The molecule has 3 aromatic carbocycles. The van der Waals surface area contributed by atoms with Gasteiger partial charge >= 0.3 is 0 Å². The SMILES string of the molecule is C[Si](C)(C)c1ccc2c(c1)oc1c(-c3cc(C4CCCC4)ccn3)[c-]ccc12.[Ir].[c-]1ccccc1-c1ccccn1.